The van der Waals surface area contributed by atoms with E-state index in [-0.39, 0.29) is 23.6 Å². The molecule has 5 nitrogen and oxygen atoms in total. The molecule has 0 radical (unpaired) electrons. The van der Waals surface area contributed by atoms with Crippen LogP contribution in [-0.4, -0.2) is 26.1 Å². The van der Waals surface area contributed by atoms with Gasteiger partial charge in [0.2, 0.25) is 15.7 Å². The van der Waals surface area contributed by atoms with Crippen LogP contribution < -0.4 is 11.1 Å². The lowest BCUT2D eigenvalue weighted by Gasteiger charge is -2.25. The second-order valence-electron chi connectivity index (χ2n) is 5.45. The van der Waals surface area contributed by atoms with E-state index < -0.39 is 20.5 Å². The molecular formula is C14H18F2N2O3S. The van der Waals surface area contributed by atoms with Crippen LogP contribution in [0.3, 0.4) is 0 Å². The maximum absolute atomic E-state index is 12.5. The highest BCUT2D eigenvalue weighted by atomic mass is 32.2. The summed E-state index contributed by atoms with van der Waals surface area (Å²) in [4.78, 5) is 11.6. The molecule has 8 heteroatoms. The van der Waals surface area contributed by atoms with Crippen molar-refractivity contribution < 1.29 is 22.0 Å². The number of nitrogens with two attached hydrogens (primary N) is 1. The Hall–Kier alpha value is -1.54. The summed E-state index contributed by atoms with van der Waals surface area (Å²) in [5, 5.41) is 2.58. The molecule has 2 atom stereocenters. The summed E-state index contributed by atoms with van der Waals surface area (Å²) in [5.41, 5.74) is 6.01. The number of carbonyl (C=O) groups excluding carboxylic acids is 1. The van der Waals surface area contributed by atoms with Gasteiger partial charge in [-0.1, -0.05) is 12.5 Å². The van der Waals surface area contributed by atoms with Gasteiger partial charge in [-0.2, -0.15) is 8.78 Å². The molecule has 1 aliphatic rings. The number of rotatable bonds is 4. The van der Waals surface area contributed by atoms with Crippen LogP contribution in [0.5, 0.6) is 0 Å². The average Bonchev–Trinajstić information content (AvgIpc) is 2.47. The number of benzene rings is 1. The van der Waals surface area contributed by atoms with Crippen LogP contribution in [0.25, 0.3) is 0 Å². The molecule has 22 heavy (non-hydrogen) atoms. The average molecular weight is 332 g/mol. The van der Waals surface area contributed by atoms with Gasteiger partial charge in [-0.3, -0.25) is 4.79 Å². The zero-order chi connectivity index (χ0) is 16.3. The Morgan fingerprint density at radius 3 is 2.68 bits per heavy atom. The second-order valence-corrected chi connectivity index (χ2v) is 7.36. The summed E-state index contributed by atoms with van der Waals surface area (Å²) < 4.78 is 47.9. The lowest BCUT2D eigenvalue weighted by atomic mass is 9.85. The molecule has 1 aromatic carbocycles. The predicted molar refractivity (Wildman–Crippen MR) is 78.2 cm³/mol. The van der Waals surface area contributed by atoms with Crippen molar-refractivity contribution in [2.24, 2.45) is 11.7 Å². The number of halogens is 2. The molecule has 1 aliphatic carbocycles. The fraction of sp³-hybridized carbons (Fsp3) is 0.500. The maximum Gasteiger partial charge on any atom is 0.341 e. The van der Waals surface area contributed by atoms with Crippen molar-refractivity contribution in [2.75, 3.05) is 5.32 Å². The van der Waals surface area contributed by atoms with Gasteiger partial charge in [0.15, 0.2) is 0 Å². The SMILES string of the molecule is NC1CCCC(C(=O)Nc2cccc(S(=O)(=O)C(F)F)c2)C1. The van der Waals surface area contributed by atoms with Crippen LogP contribution in [-0.2, 0) is 14.6 Å². The van der Waals surface area contributed by atoms with Crippen molar-refractivity contribution in [3.8, 4) is 0 Å². The Bertz CT molecular complexity index is 649. The van der Waals surface area contributed by atoms with Gasteiger partial charge in [-0.05, 0) is 37.5 Å². The third kappa shape index (κ3) is 3.80. The van der Waals surface area contributed by atoms with Crippen molar-refractivity contribution in [2.45, 2.75) is 42.4 Å². The topological polar surface area (TPSA) is 89.3 Å². The highest BCUT2D eigenvalue weighted by molar-refractivity contribution is 7.91. The summed E-state index contributed by atoms with van der Waals surface area (Å²) in [5.74, 6) is -3.99. The summed E-state index contributed by atoms with van der Waals surface area (Å²) in [6, 6.07) is 4.88. The minimum Gasteiger partial charge on any atom is -0.328 e. The monoisotopic (exact) mass is 332 g/mol. The molecule has 1 saturated carbocycles. The Morgan fingerprint density at radius 1 is 1.32 bits per heavy atom. The van der Waals surface area contributed by atoms with E-state index in [2.05, 4.69) is 5.32 Å². The molecule has 2 rings (SSSR count). The standard InChI is InChI=1S/C14H18F2N2O3S/c15-14(16)22(20,21)12-6-2-5-11(8-12)18-13(19)9-3-1-4-10(17)7-9/h2,5-6,8-10,14H,1,3-4,7,17H2,(H,18,19). The molecule has 122 valence electrons. The minimum absolute atomic E-state index is 0.0185. The molecule has 1 aromatic rings. The zero-order valence-corrected chi connectivity index (χ0v) is 12.7. The lowest BCUT2D eigenvalue weighted by Crippen LogP contribution is -2.34. The lowest BCUT2D eigenvalue weighted by molar-refractivity contribution is -0.120. The van der Waals surface area contributed by atoms with Crippen molar-refractivity contribution >= 4 is 21.4 Å². The highest BCUT2D eigenvalue weighted by Crippen LogP contribution is 2.26. The molecule has 3 N–H and O–H groups in total. The van der Waals surface area contributed by atoms with Crippen molar-refractivity contribution in [3.05, 3.63) is 24.3 Å². The van der Waals surface area contributed by atoms with Crippen LogP contribution in [0.2, 0.25) is 0 Å². The number of nitrogens with one attached hydrogen (secondary N) is 1. The highest BCUT2D eigenvalue weighted by Gasteiger charge is 2.28. The molecule has 0 aromatic heterocycles. The summed E-state index contributed by atoms with van der Waals surface area (Å²) in [7, 11) is -4.67. The number of amides is 1. The fourth-order valence-electron chi connectivity index (χ4n) is 2.56. The number of sulfone groups is 1. The van der Waals surface area contributed by atoms with E-state index >= 15 is 0 Å². The Kier molecular flexibility index (Phi) is 5.12. The molecule has 2 unspecified atom stereocenters. The molecule has 1 amide bonds. The second kappa shape index (κ2) is 6.70. The number of hydrogen-bond acceptors (Lipinski definition) is 4. The van der Waals surface area contributed by atoms with Gasteiger partial charge in [-0.15, -0.1) is 0 Å². The van der Waals surface area contributed by atoms with Crippen molar-refractivity contribution in [1.29, 1.82) is 0 Å². The van der Waals surface area contributed by atoms with E-state index in [1.54, 1.807) is 0 Å². The van der Waals surface area contributed by atoms with Crippen LogP contribution in [0.1, 0.15) is 25.7 Å². The van der Waals surface area contributed by atoms with E-state index in [9.17, 15) is 22.0 Å². The van der Waals surface area contributed by atoms with E-state index in [1.165, 1.54) is 12.1 Å². The van der Waals surface area contributed by atoms with Crippen LogP contribution >= 0.6 is 0 Å². The van der Waals surface area contributed by atoms with Gasteiger partial charge < -0.3 is 11.1 Å². The third-order valence-electron chi connectivity index (χ3n) is 3.75. The van der Waals surface area contributed by atoms with Gasteiger partial charge >= 0.3 is 5.76 Å². The van der Waals surface area contributed by atoms with E-state index in [0.29, 0.717) is 12.8 Å². The molecule has 0 aliphatic heterocycles. The number of anilines is 1. The van der Waals surface area contributed by atoms with Gasteiger partial charge in [0.25, 0.3) is 0 Å². The third-order valence-corrected chi connectivity index (χ3v) is 5.13. The van der Waals surface area contributed by atoms with E-state index in [4.69, 9.17) is 5.73 Å². The smallest absolute Gasteiger partial charge is 0.328 e. The van der Waals surface area contributed by atoms with Gasteiger partial charge in [0, 0.05) is 17.6 Å². The predicted octanol–water partition coefficient (Wildman–Crippen LogP) is 2.14. The van der Waals surface area contributed by atoms with Crippen LogP contribution in [0.4, 0.5) is 14.5 Å². The molecule has 0 heterocycles. The Balaban J connectivity index is 2.12. The fourth-order valence-corrected chi connectivity index (χ4v) is 3.33. The number of hydrogen-bond donors (Lipinski definition) is 2. The summed E-state index contributed by atoms with van der Waals surface area (Å²) in [6.07, 6.45) is 3.03. The van der Waals surface area contributed by atoms with Crippen LogP contribution in [0, 0.1) is 5.92 Å². The summed E-state index contributed by atoms with van der Waals surface area (Å²) in [6.45, 7) is 0. The van der Waals surface area contributed by atoms with Crippen molar-refractivity contribution in [1.82, 2.24) is 0 Å². The zero-order valence-electron chi connectivity index (χ0n) is 11.8. The quantitative estimate of drug-likeness (QED) is 0.884. The van der Waals surface area contributed by atoms with Gasteiger partial charge in [-0.25, -0.2) is 8.42 Å². The Labute approximate surface area is 127 Å². The number of alkyl halides is 2. The molecule has 0 spiro atoms. The summed E-state index contributed by atoms with van der Waals surface area (Å²) >= 11 is 0. The molecule has 0 bridgehead atoms. The molecule has 1 fully saturated rings. The Morgan fingerprint density at radius 2 is 2.05 bits per heavy atom. The van der Waals surface area contributed by atoms with E-state index in [0.717, 1.165) is 25.0 Å². The van der Waals surface area contributed by atoms with Crippen LogP contribution in [0.15, 0.2) is 29.2 Å². The largest absolute Gasteiger partial charge is 0.341 e. The first-order valence-corrected chi connectivity index (χ1v) is 8.54. The normalized spacial score (nSPS) is 22.5. The molecule has 0 saturated heterocycles. The van der Waals surface area contributed by atoms with Crippen molar-refractivity contribution in [3.63, 3.8) is 0 Å². The molecular weight excluding hydrogens is 314 g/mol. The first-order chi connectivity index (χ1) is 10.3. The minimum atomic E-state index is -4.67. The first kappa shape index (κ1) is 16.8. The maximum atomic E-state index is 12.5. The first-order valence-electron chi connectivity index (χ1n) is 6.99. The van der Waals surface area contributed by atoms with Gasteiger partial charge in [0.05, 0.1) is 4.90 Å². The number of carbonyl (C=O) groups is 1. The van der Waals surface area contributed by atoms with Gasteiger partial charge in [0.1, 0.15) is 0 Å². The van der Waals surface area contributed by atoms with E-state index in [1.807, 2.05) is 0 Å².